The number of carboxylic acids is 1. The van der Waals surface area contributed by atoms with E-state index in [0.29, 0.717) is 25.3 Å². The molecule has 2 aromatic carbocycles. The van der Waals surface area contributed by atoms with Crippen LogP contribution in [0.2, 0.25) is 0 Å². The van der Waals surface area contributed by atoms with Crippen molar-refractivity contribution in [2.45, 2.75) is 20.0 Å². The summed E-state index contributed by atoms with van der Waals surface area (Å²) in [6.45, 7) is 3.93. The number of halogens is 3. The van der Waals surface area contributed by atoms with E-state index in [1.807, 2.05) is 31.2 Å². The van der Waals surface area contributed by atoms with Crippen LogP contribution >= 0.6 is 44.3 Å². The topological polar surface area (TPSA) is 58.6 Å². The Morgan fingerprint density at radius 3 is 2.12 bits per heavy atom. The molecule has 2 rings (SSSR count). The van der Waals surface area contributed by atoms with Crippen LogP contribution in [0.15, 0.2) is 45.3 Å². The second-order valence-corrected chi connectivity index (χ2v) is 6.64. The minimum absolute atomic E-state index is 0. The largest absolute Gasteiger partial charge is 0.492 e. The molecule has 0 fully saturated rings. The number of benzene rings is 2. The quantitative estimate of drug-likeness (QED) is 0.586. The van der Waals surface area contributed by atoms with E-state index in [0.717, 1.165) is 25.8 Å². The van der Waals surface area contributed by atoms with Crippen molar-refractivity contribution in [2.24, 2.45) is 0 Å². The normalized spacial score (nSPS) is 10.1. The van der Waals surface area contributed by atoms with Gasteiger partial charge in [0.1, 0.15) is 5.75 Å². The van der Waals surface area contributed by atoms with Crippen molar-refractivity contribution in [3.8, 4) is 5.75 Å². The lowest BCUT2D eigenvalue weighted by atomic mass is 10.1. The Hall–Kier alpha value is -1.08. The molecule has 24 heavy (non-hydrogen) atoms. The Balaban J connectivity index is 0.00000288. The maximum Gasteiger partial charge on any atom is 0.335 e. The van der Waals surface area contributed by atoms with Crippen molar-refractivity contribution in [2.75, 3.05) is 6.61 Å². The first-order chi connectivity index (χ1) is 11.0. The number of carboxylic acid groups (broad SMARTS) is 1. The van der Waals surface area contributed by atoms with Crippen LogP contribution in [0.1, 0.15) is 28.4 Å². The second-order valence-electron chi connectivity index (χ2n) is 4.93. The first-order valence-electron chi connectivity index (χ1n) is 7.15. The highest BCUT2D eigenvalue weighted by Crippen LogP contribution is 2.34. The van der Waals surface area contributed by atoms with Gasteiger partial charge in [0.05, 0.1) is 21.1 Å². The molecule has 0 aromatic heterocycles. The first kappa shape index (κ1) is 21.0. The van der Waals surface area contributed by atoms with Crippen LogP contribution in [-0.4, -0.2) is 17.7 Å². The molecule has 0 radical (unpaired) electrons. The van der Waals surface area contributed by atoms with Gasteiger partial charge in [-0.15, -0.1) is 12.4 Å². The van der Waals surface area contributed by atoms with Crippen molar-refractivity contribution < 1.29 is 14.6 Å². The maximum absolute atomic E-state index is 10.8. The van der Waals surface area contributed by atoms with Crippen LogP contribution in [-0.2, 0) is 13.1 Å². The predicted octanol–water partition coefficient (Wildman–Crippen LogP) is 5.02. The van der Waals surface area contributed by atoms with E-state index in [1.165, 1.54) is 0 Å². The van der Waals surface area contributed by atoms with Crippen molar-refractivity contribution >= 4 is 50.2 Å². The molecule has 0 saturated carbocycles. The SMILES string of the molecule is CCOc1c(Br)cc(CNCc2ccc(C(=O)O)cc2)cc1Br.Cl. The number of nitrogens with one attached hydrogen (secondary N) is 1. The van der Waals surface area contributed by atoms with Gasteiger partial charge in [-0.3, -0.25) is 0 Å². The smallest absolute Gasteiger partial charge is 0.335 e. The second kappa shape index (κ2) is 10.0. The molecule has 2 N–H and O–H groups in total. The number of hydrogen-bond acceptors (Lipinski definition) is 3. The summed E-state index contributed by atoms with van der Waals surface area (Å²) >= 11 is 7.04. The third-order valence-electron chi connectivity index (χ3n) is 3.21. The molecule has 0 spiro atoms. The van der Waals surface area contributed by atoms with Gasteiger partial charge in [-0.05, 0) is 74.2 Å². The van der Waals surface area contributed by atoms with E-state index in [4.69, 9.17) is 9.84 Å². The summed E-state index contributed by atoms with van der Waals surface area (Å²) < 4.78 is 7.39. The van der Waals surface area contributed by atoms with Crippen LogP contribution < -0.4 is 10.1 Å². The number of rotatable bonds is 7. The monoisotopic (exact) mass is 477 g/mol. The Morgan fingerprint density at radius 2 is 1.62 bits per heavy atom. The van der Waals surface area contributed by atoms with E-state index in [1.54, 1.807) is 12.1 Å². The summed E-state index contributed by atoms with van der Waals surface area (Å²) in [6.07, 6.45) is 0. The fraction of sp³-hybridized carbons (Fsp3) is 0.235. The molecular weight excluding hydrogens is 461 g/mol. The average Bonchev–Trinajstić information content (AvgIpc) is 2.51. The highest BCUT2D eigenvalue weighted by molar-refractivity contribution is 9.11. The molecule has 2 aromatic rings. The molecule has 130 valence electrons. The molecule has 0 amide bonds. The number of carbonyl (C=O) groups is 1. The molecule has 0 saturated heterocycles. The minimum Gasteiger partial charge on any atom is -0.492 e. The molecule has 7 heteroatoms. The average molecular weight is 480 g/mol. The zero-order chi connectivity index (χ0) is 16.8. The minimum atomic E-state index is -0.909. The van der Waals surface area contributed by atoms with E-state index < -0.39 is 5.97 Å². The van der Waals surface area contributed by atoms with E-state index >= 15 is 0 Å². The van der Waals surface area contributed by atoms with Crippen molar-refractivity contribution in [1.82, 2.24) is 5.32 Å². The Bertz CT molecular complexity index is 670. The highest BCUT2D eigenvalue weighted by atomic mass is 79.9. The fourth-order valence-electron chi connectivity index (χ4n) is 2.11. The zero-order valence-corrected chi connectivity index (χ0v) is 17.0. The number of aromatic carboxylic acids is 1. The molecule has 0 atom stereocenters. The van der Waals surface area contributed by atoms with Crippen LogP contribution in [0.3, 0.4) is 0 Å². The van der Waals surface area contributed by atoms with Gasteiger partial charge >= 0.3 is 5.97 Å². The molecule has 0 aliphatic heterocycles. The van der Waals surface area contributed by atoms with Gasteiger partial charge in [0.15, 0.2) is 0 Å². The number of ether oxygens (including phenoxy) is 1. The standard InChI is InChI=1S/C17H17Br2NO3.ClH/c1-2-23-16-14(18)7-12(8-15(16)19)10-20-9-11-3-5-13(6-4-11)17(21)22;/h3-8,20H,2,9-10H2,1H3,(H,21,22);1H. The molecule has 0 heterocycles. The van der Waals surface area contributed by atoms with E-state index in [2.05, 4.69) is 37.2 Å². The number of hydrogen-bond donors (Lipinski definition) is 2. The molecule has 0 aliphatic carbocycles. The lowest BCUT2D eigenvalue weighted by Crippen LogP contribution is -2.13. The molecular formula is C17H18Br2ClNO3. The summed E-state index contributed by atoms with van der Waals surface area (Å²) in [7, 11) is 0. The third-order valence-corrected chi connectivity index (χ3v) is 4.38. The van der Waals surface area contributed by atoms with Crippen molar-refractivity contribution in [1.29, 1.82) is 0 Å². The summed E-state index contributed by atoms with van der Waals surface area (Å²) in [6, 6.07) is 10.9. The first-order valence-corrected chi connectivity index (χ1v) is 8.73. The zero-order valence-electron chi connectivity index (χ0n) is 13.0. The Labute approximate surface area is 164 Å². The van der Waals surface area contributed by atoms with E-state index in [-0.39, 0.29) is 12.4 Å². The Morgan fingerprint density at radius 1 is 1.08 bits per heavy atom. The predicted molar refractivity (Wildman–Crippen MR) is 104 cm³/mol. The van der Waals surface area contributed by atoms with Crippen LogP contribution in [0, 0.1) is 0 Å². The lowest BCUT2D eigenvalue weighted by molar-refractivity contribution is 0.0697. The highest BCUT2D eigenvalue weighted by Gasteiger charge is 2.08. The van der Waals surface area contributed by atoms with Gasteiger partial charge in [-0.1, -0.05) is 12.1 Å². The summed E-state index contributed by atoms with van der Waals surface area (Å²) in [4.78, 5) is 10.8. The van der Waals surface area contributed by atoms with Crippen LogP contribution in [0.4, 0.5) is 0 Å². The summed E-state index contributed by atoms with van der Waals surface area (Å²) in [5.74, 6) is -0.103. The van der Waals surface area contributed by atoms with E-state index in [9.17, 15) is 4.79 Å². The molecule has 0 bridgehead atoms. The van der Waals surface area contributed by atoms with Gasteiger partial charge in [0.25, 0.3) is 0 Å². The molecule has 0 aliphatic rings. The fourth-order valence-corrected chi connectivity index (χ4v) is 3.62. The van der Waals surface area contributed by atoms with Gasteiger partial charge < -0.3 is 15.2 Å². The summed E-state index contributed by atoms with van der Waals surface area (Å²) in [5, 5.41) is 12.2. The van der Waals surface area contributed by atoms with Gasteiger partial charge in [0.2, 0.25) is 0 Å². The van der Waals surface area contributed by atoms with Crippen molar-refractivity contribution in [3.63, 3.8) is 0 Å². The third kappa shape index (κ3) is 5.77. The van der Waals surface area contributed by atoms with Gasteiger partial charge in [-0.25, -0.2) is 4.79 Å². The summed E-state index contributed by atoms with van der Waals surface area (Å²) in [5.41, 5.74) is 2.46. The lowest BCUT2D eigenvalue weighted by Gasteiger charge is -2.11. The van der Waals surface area contributed by atoms with Crippen molar-refractivity contribution in [3.05, 3.63) is 62.0 Å². The van der Waals surface area contributed by atoms with Gasteiger partial charge in [-0.2, -0.15) is 0 Å². The Kier molecular flexibility index (Phi) is 8.76. The van der Waals surface area contributed by atoms with Crippen LogP contribution in [0.5, 0.6) is 5.75 Å². The maximum atomic E-state index is 10.8. The van der Waals surface area contributed by atoms with Crippen LogP contribution in [0.25, 0.3) is 0 Å². The molecule has 0 unspecified atom stereocenters. The van der Waals surface area contributed by atoms with Gasteiger partial charge in [0, 0.05) is 13.1 Å². The molecule has 4 nitrogen and oxygen atoms in total.